The van der Waals surface area contributed by atoms with Crippen molar-refractivity contribution in [3.8, 4) is 0 Å². The molecule has 0 radical (unpaired) electrons. The third-order valence-electron chi connectivity index (χ3n) is 2.13. The molecule has 0 bridgehead atoms. The summed E-state index contributed by atoms with van der Waals surface area (Å²) < 4.78 is 0. The van der Waals surface area contributed by atoms with E-state index < -0.39 is 6.04 Å². The molecule has 5 heteroatoms. The topological polar surface area (TPSA) is 75.4 Å². The minimum atomic E-state index is -0.656. The van der Waals surface area contributed by atoms with E-state index in [9.17, 15) is 9.59 Å². The number of carbonyl (C=O) groups is 2. The monoisotopic (exact) mass is 185 g/mol. The first kappa shape index (κ1) is 10.3. The van der Waals surface area contributed by atoms with Crippen molar-refractivity contribution >= 4 is 11.6 Å². The number of rotatable bonds is 5. The average Bonchev–Trinajstić information content (AvgIpc) is 2.04. The van der Waals surface area contributed by atoms with Gasteiger partial charge in [-0.15, -0.1) is 0 Å². The van der Waals surface area contributed by atoms with Crippen molar-refractivity contribution in [1.29, 1.82) is 0 Å². The van der Waals surface area contributed by atoms with E-state index in [2.05, 4.69) is 5.32 Å². The Morgan fingerprint density at radius 1 is 1.54 bits per heavy atom. The zero-order valence-corrected chi connectivity index (χ0v) is 7.75. The molecule has 5 nitrogen and oxygen atoms in total. The van der Waals surface area contributed by atoms with Crippen molar-refractivity contribution in [1.82, 2.24) is 10.3 Å². The van der Waals surface area contributed by atoms with Crippen molar-refractivity contribution < 1.29 is 9.59 Å². The van der Waals surface area contributed by atoms with Crippen LogP contribution in [0.3, 0.4) is 0 Å². The highest BCUT2D eigenvalue weighted by Crippen LogP contribution is 2.14. The fraction of sp³-hybridized carbons (Fsp3) is 0.750. The maximum atomic E-state index is 11.0. The zero-order chi connectivity index (χ0) is 9.84. The minimum absolute atomic E-state index is 0.0584. The molecular weight excluding hydrogens is 170 g/mol. The molecule has 0 spiro atoms. The number of hydrazine groups is 1. The highest BCUT2D eigenvalue weighted by molar-refractivity contribution is 6.24. The minimum Gasteiger partial charge on any atom is -0.320 e. The molecule has 74 valence electrons. The number of ketones is 2. The van der Waals surface area contributed by atoms with Crippen LogP contribution in [0.5, 0.6) is 0 Å². The quantitative estimate of drug-likeness (QED) is 0.240. The smallest absolute Gasteiger partial charge is 0.166 e. The molecule has 0 unspecified atom stereocenters. The SMILES string of the molecule is CNCCCN(N)C1C(=O)CC1=O. The molecule has 1 fully saturated rings. The molecule has 0 heterocycles. The van der Waals surface area contributed by atoms with E-state index in [1.165, 1.54) is 5.01 Å². The second-order valence-corrected chi connectivity index (χ2v) is 3.21. The summed E-state index contributed by atoms with van der Waals surface area (Å²) in [5.41, 5.74) is 0. The summed E-state index contributed by atoms with van der Waals surface area (Å²) in [7, 11) is 1.85. The van der Waals surface area contributed by atoms with Crippen LogP contribution in [0.15, 0.2) is 0 Å². The molecule has 0 aliphatic heterocycles. The van der Waals surface area contributed by atoms with Crippen LogP contribution >= 0.6 is 0 Å². The molecule has 3 N–H and O–H groups in total. The molecule has 0 atom stereocenters. The zero-order valence-electron chi connectivity index (χ0n) is 7.75. The van der Waals surface area contributed by atoms with Gasteiger partial charge < -0.3 is 5.32 Å². The maximum absolute atomic E-state index is 11.0. The van der Waals surface area contributed by atoms with Gasteiger partial charge in [0.2, 0.25) is 0 Å². The molecule has 0 aromatic heterocycles. The van der Waals surface area contributed by atoms with Crippen molar-refractivity contribution in [2.24, 2.45) is 5.84 Å². The number of nitrogens with zero attached hydrogens (tertiary/aromatic N) is 1. The molecule has 13 heavy (non-hydrogen) atoms. The molecule has 1 rings (SSSR count). The van der Waals surface area contributed by atoms with Crippen molar-refractivity contribution in [2.75, 3.05) is 20.1 Å². The van der Waals surface area contributed by atoms with E-state index >= 15 is 0 Å². The Labute approximate surface area is 77.2 Å². The summed E-state index contributed by atoms with van der Waals surface area (Å²) in [5.74, 6) is 5.45. The van der Waals surface area contributed by atoms with E-state index in [1.807, 2.05) is 7.05 Å². The Hall–Kier alpha value is -0.780. The van der Waals surface area contributed by atoms with E-state index in [1.54, 1.807) is 0 Å². The Morgan fingerprint density at radius 3 is 2.62 bits per heavy atom. The van der Waals surface area contributed by atoms with Crippen molar-refractivity contribution in [2.45, 2.75) is 18.9 Å². The van der Waals surface area contributed by atoms with E-state index in [0.29, 0.717) is 6.54 Å². The van der Waals surface area contributed by atoms with Gasteiger partial charge >= 0.3 is 0 Å². The van der Waals surface area contributed by atoms with Crippen LogP contribution in [0.4, 0.5) is 0 Å². The Bertz CT molecular complexity index is 203. The van der Waals surface area contributed by atoms with Crippen LogP contribution < -0.4 is 11.2 Å². The highest BCUT2D eigenvalue weighted by Gasteiger charge is 2.41. The number of Topliss-reactive ketones (excluding diaryl/α,β-unsaturated/α-hetero) is 2. The van der Waals surface area contributed by atoms with Gasteiger partial charge in [0.15, 0.2) is 11.6 Å². The first-order valence-electron chi connectivity index (χ1n) is 4.38. The lowest BCUT2D eigenvalue weighted by atomic mass is 9.89. The van der Waals surface area contributed by atoms with Crippen LogP contribution in [0, 0.1) is 0 Å². The lowest BCUT2D eigenvalue weighted by Crippen LogP contribution is -2.58. The summed E-state index contributed by atoms with van der Waals surface area (Å²) in [6.07, 6.45) is 0.897. The number of hydrogen-bond acceptors (Lipinski definition) is 5. The van der Waals surface area contributed by atoms with Crippen LogP contribution in [0.25, 0.3) is 0 Å². The second kappa shape index (κ2) is 4.45. The van der Waals surface area contributed by atoms with Gasteiger partial charge in [0.05, 0.1) is 6.42 Å². The van der Waals surface area contributed by atoms with Gasteiger partial charge in [-0.05, 0) is 20.0 Å². The third-order valence-corrected chi connectivity index (χ3v) is 2.13. The van der Waals surface area contributed by atoms with Gasteiger partial charge in [0.1, 0.15) is 6.04 Å². The maximum Gasteiger partial charge on any atom is 0.166 e. The van der Waals surface area contributed by atoms with Crippen LogP contribution in [-0.2, 0) is 9.59 Å². The molecular formula is C8H15N3O2. The molecule has 0 aromatic carbocycles. The standard InChI is InChI=1S/C8H15N3O2/c1-10-3-2-4-11(9)8-6(12)5-7(8)13/h8,10H,2-5,9H2,1H3. The number of nitrogens with one attached hydrogen (secondary N) is 1. The van der Waals surface area contributed by atoms with E-state index in [0.717, 1.165) is 13.0 Å². The predicted octanol–water partition coefficient (Wildman–Crippen LogP) is -1.32. The Kier molecular flexibility index (Phi) is 3.53. The van der Waals surface area contributed by atoms with Gasteiger partial charge in [-0.1, -0.05) is 0 Å². The molecule has 0 amide bonds. The average molecular weight is 185 g/mol. The largest absolute Gasteiger partial charge is 0.320 e. The summed E-state index contributed by atoms with van der Waals surface area (Å²) in [6, 6.07) is -0.656. The van der Waals surface area contributed by atoms with Gasteiger partial charge in [0.25, 0.3) is 0 Å². The number of carbonyl (C=O) groups excluding carboxylic acids is 2. The van der Waals surface area contributed by atoms with Gasteiger partial charge in [-0.25, -0.2) is 5.01 Å². The van der Waals surface area contributed by atoms with Gasteiger partial charge in [-0.2, -0.15) is 0 Å². The van der Waals surface area contributed by atoms with Gasteiger partial charge in [-0.3, -0.25) is 15.4 Å². The molecule has 1 aliphatic rings. The third kappa shape index (κ3) is 2.33. The normalized spacial score (nSPS) is 18.1. The molecule has 1 aliphatic carbocycles. The van der Waals surface area contributed by atoms with E-state index in [-0.39, 0.29) is 18.0 Å². The molecule has 1 saturated carbocycles. The number of hydrogen-bond donors (Lipinski definition) is 2. The van der Waals surface area contributed by atoms with Crippen LogP contribution in [-0.4, -0.2) is 42.8 Å². The van der Waals surface area contributed by atoms with Gasteiger partial charge in [0, 0.05) is 6.54 Å². The predicted molar refractivity (Wildman–Crippen MR) is 47.9 cm³/mol. The number of nitrogens with two attached hydrogens (primary N) is 1. The summed E-state index contributed by atoms with van der Waals surface area (Å²) in [6.45, 7) is 1.41. The van der Waals surface area contributed by atoms with Crippen molar-refractivity contribution in [3.05, 3.63) is 0 Å². The first-order valence-corrected chi connectivity index (χ1v) is 4.38. The first-order chi connectivity index (χ1) is 6.16. The second-order valence-electron chi connectivity index (χ2n) is 3.21. The fourth-order valence-corrected chi connectivity index (χ4v) is 1.35. The Balaban J connectivity index is 2.26. The summed E-state index contributed by atoms with van der Waals surface area (Å²) in [4.78, 5) is 21.9. The molecule has 0 saturated heterocycles. The van der Waals surface area contributed by atoms with Crippen LogP contribution in [0.2, 0.25) is 0 Å². The van der Waals surface area contributed by atoms with Crippen molar-refractivity contribution in [3.63, 3.8) is 0 Å². The fourth-order valence-electron chi connectivity index (χ4n) is 1.35. The van der Waals surface area contributed by atoms with E-state index in [4.69, 9.17) is 5.84 Å². The summed E-state index contributed by atoms with van der Waals surface area (Å²) >= 11 is 0. The van der Waals surface area contributed by atoms with Crippen LogP contribution in [0.1, 0.15) is 12.8 Å². The lowest BCUT2D eigenvalue weighted by molar-refractivity contribution is -0.146. The Morgan fingerprint density at radius 2 is 2.15 bits per heavy atom. The summed E-state index contributed by atoms with van der Waals surface area (Å²) in [5, 5.41) is 4.31. The highest BCUT2D eigenvalue weighted by atomic mass is 16.2. The lowest BCUT2D eigenvalue weighted by Gasteiger charge is -2.30. The molecule has 0 aromatic rings.